The summed E-state index contributed by atoms with van der Waals surface area (Å²) in [4.78, 5) is 25.3. The summed E-state index contributed by atoms with van der Waals surface area (Å²) < 4.78 is 1.32. The predicted molar refractivity (Wildman–Crippen MR) is 96.5 cm³/mol. The largest absolute Gasteiger partial charge is 0.320 e. The molecule has 0 saturated heterocycles. The van der Waals surface area contributed by atoms with Gasteiger partial charge in [-0.3, -0.25) is 9.59 Å². The molecule has 6 heteroatoms. The Balaban J connectivity index is 1.89. The number of thiophene rings is 1. The number of benzene rings is 1. The van der Waals surface area contributed by atoms with Crippen molar-refractivity contribution in [3.8, 4) is 10.4 Å². The van der Waals surface area contributed by atoms with Crippen molar-refractivity contribution in [2.45, 2.75) is 19.9 Å². The van der Waals surface area contributed by atoms with Crippen molar-refractivity contribution in [3.05, 3.63) is 70.0 Å². The average Bonchev–Trinajstić information content (AvgIpc) is 3.12. The van der Waals surface area contributed by atoms with E-state index in [1.807, 2.05) is 48.7 Å². The molecule has 0 aliphatic carbocycles. The molecule has 3 aromatic rings. The highest BCUT2D eigenvalue weighted by atomic mass is 32.1. The van der Waals surface area contributed by atoms with E-state index in [-0.39, 0.29) is 17.2 Å². The molecule has 1 aromatic carbocycles. The first kappa shape index (κ1) is 16.1. The fourth-order valence-electron chi connectivity index (χ4n) is 2.37. The van der Waals surface area contributed by atoms with E-state index in [0.29, 0.717) is 6.54 Å². The van der Waals surface area contributed by atoms with Crippen molar-refractivity contribution in [3.63, 3.8) is 0 Å². The zero-order valence-electron chi connectivity index (χ0n) is 13.2. The number of para-hydroxylation sites is 1. The van der Waals surface area contributed by atoms with E-state index in [4.69, 9.17) is 0 Å². The third-order valence-electron chi connectivity index (χ3n) is 3.50. The lowest BCUT2D eigenvalue weighted by Gasteiger charge is -2.10. The van der Waals surface area contributed by atoms with Gasteiger partial charge in [-0.15, -0.1) is 11.3 Å². The fourth-order valence-corrected chi connectivity index (χ4v) is 3.13. The monoisotopic (exact) mass is 339 g/mol. The van der Waals surface area contributed by atoms with Gasteiger partial charge in [-0.05, 0) is 30.0 Å². The van der Waals surface area contributed by atoms with Gasteiger partial charge in [-0.1, -0.05) is 31.2 Å². The van der Waals surface area contributed by atoms with E-state index in [0.717, 1.165) is 22.5 Å². The smallest absolute Gasteiger partial charge is 0.276 e. The van der Waals surface area contributed by atoms with Gasteiger partial charge in [0, 0.05) is 28.7 Å². The Morgan fingerprint density at radius 1 is 1.17 bits per heavy atom. The SMILES string of the molecule is CCCn1nc(C(=O)Nc2ccccc2-c2cccs2)ccc1=O. The number of nitrogens with zero attached hydrogens (tertiary/aromatic N) is 2. The van der Waals surface area contributed by atoms with Crippen LogP contribution in [-0.2, 0) is 6.54 Å². The van der Waals surface area contributed by atoms with Gasteiger partial charge in [0.05, 0.1) is 0 Å². The maximum atomic E-state index is 12.5. The van der Waals surface area contributed by atoms with E-state index in [1.165, 1.54) is 16.8 Å². The van der Waals surface area contributed by atoms with Gasteiger partial charge in [0.15, 0.2) is 0 Å². The van der Waals surface area contributed by atoms with Gasteiger partial charge >= 0.3 is 0 Å². The summed E-state index contributed by atoms with van der Waals surface area (Å²) in [7, 11) is 0. The first-order valence-corrected chi connectivity index (χ1v) is 8.59. The number of nitrogens with one attached hydrogen (secondary N) is 1. The minimum Gasteiger partial charge on any atom is -0.320 e. The lowest BCUT2D eigenvalue weighted by atomic mass is 10.1. The van der Waals surface area contributed by atoms with Crippen molar-refractivity contribution in [2.75, 3.05) is 5.32 Å². The molecule has 24 heavy (non-hydrogen) atoms. The molecule has 122 valence electrons. The van der Waals surface area contributed by atoms with E-state index in [1.54, 1.807) is 11.3 Å². The molecule has 0 aliphatic heterocycles. The Hall–Kier alpha value is -2.73. The predicted octanol–water partition coefficient (Wildman–Crippen LogP) is 3.63. The molecular weight excluding hydrogens is 322 g/mol. The van der Waals surface area contributed by atoms with Crippen LogP contribution in [0.1, 0.15) is 23.8 Å². The molecule has 0 spiro atoms. The van der Waals surface area contributed by atoms with Crippen molar-refractivity contribution in [1.29, 1.82) is 0 Å². The van der Waals surface area contributed by atoms with Crippen LogP contribution >= 0.6 is 11.3 Å². The Kier molecular flexibility index (Phi) is 4.86. The highest BCUT2D eigenvalue weighted by molar-refractivity contribution is 7.13. The lowest BCUT2D eigenvalue weighted by Crippen LogP contribution is -2.26. The molecule has 3 rings (SSSR count). The molecule has 1 amide bonds. The molecule has 2 heterocycles. The summed E-state index contributed by atoms with van der Waals surface area (Å²) in [5, 5.41) is 9.04. The van der Waals surface area contributed by atoms with Crippen LogP contribution < -0.4 is 10.9 Å². The van der Waals surface area contributed by atoms with Crippen LogP contribution in [0.2, 0.25) is 0 Å². The van der Waals surface area contributed by atoms with Crippen LogP contribution in [-0.4, -0.2) is 15.7 Å². The van der Waals surface area contributed by atoms with Crippen molar-refractivity contribution >= 4 is 22.9 Å². The second-order valence-corrected chi connectivity index (χ2v) is 6.20. The zero-order chi connectivity index (χ0) is 16.9. The molecular formula is C18H17N3O2S. The number of carbonyl (C=O) groups excluding carboxylic acids is 1. The van der Waals surface area contributed by atoms with Gasteiger partial charge in [-0.25, -0.2) is 4.68 Å². The van der Waals surface area contributed by atoms with Crippen LogP contribution in [0.15, 0.2) is 58.7 Å². The van der Waals surface area contributed by atoms with Crippen molar-refractivity contribution in [2.24, 2.45) is 0 Å². The maximum Gasteiger partial charge on any atom is 0.276 e. The summed E-state index contributed by atoms with van der Waals surface area (Å²) in [5.74, 6) is -0.330. The Bertz CT molecular complexity index is 901. The van der Waals surface area contributed by atoms with Crippen LogP contribution in [0.3, 0.4) is 0 Å². The Morgan fingerprint density at radius 3 is 2.75 bits per heavy atom. The quantitative estimate of drug-likeness (QED) is 0.772. The van der Waals surface area contributed by atoms with E-state index >= 15 is 0 Å². The van der Waals surface area contributed by atoms with Gasteiger partial charge in [0.25, 0.3) is 11.5 Å². The topological polar surface area (TPSA) is 64.0 Å². The summed E-state index contributed by atoms with van der Waals surface area (Å²) in [6.45, 7) is 2.45. The standard InChI is InChI=1S/C18H17N3O2S/c1-2-11-21-17(22)10-9-15(20-21)18(23)19-14-7-4-3-6-13(14)16-8-5-12-24-16/h3-10,12H,2,11H2,1H3,(H,19,23). The van der Waals surface area contributed by atoms with Crippen molar-refractivity contribution < 1.29 is 4.79 Å². The number of aromatic nitrogens is 2. The summed E-state index contributed by atoms with van der Waals surface area (Å²) >= 11 is 1.61. The van der Waals surface area contributed by atoms with Gasteiger partial charge < -0.3 is 5.32 Å². The van der Waals surface area contributed by atoms with Crippen LogP contribution in [0.4, 0.5) is 5.69 Å². The van der Waals surface area contributed by atoms with Crippen LogP contribution in [0, 0.1) is 0 Å². The van der Waals surface area contributed by atoms with E-state index in [2.05, 4.69) is 10.4 Å². The van der Waals surface area contributed by atoms with Crippen LogP contribution in [0.25, 0.3) is 10.4 Å². The van der Waals surface area contributed by atoms with Gasteiger partial charge in [0.1, 0.15) is 5.69 Å². The Morgan fingerprint density at radius 2 is 2.00 bits per heavy atom. The molecule has 1 N–H and O–H groups in total. The lowest BCUT2D eigenvalue weighted by molar-refractivity contribution is 0.102. The number of anilines is 1. The highest BCUT2D eigenvalue weighted by Crippen LogP contribution is 2.31. The molecule has 5 nitrogen and oxygen atoms in total. The summed E-state index contributed by atoms with van der Waals surface area (Å²) in [6.07, 6.45) is 0.777. The van der Waals surface area contributed by atoms with Crippen LogP contribution in [0.5, 0.6) is 0 Å². The van der Waals surface area contributed by atoms with Gasteiger partial charge in [-0.2, -0.15) is 5.10 Å². The zero-order valence-corrected chi connectivity index (χ0v) is 14.0. The molecule has 0 atom stereocenters. The number of aryl methyl sites for hydroxylation is 1. The summed E-state index contributed by atoms with van der Waals surface area (Å²) in [5.41, 5.74) is 1.71. The second kappa shape index (κ2) is 7.23. The normalized spacial score (nSPS) is 10.5. The second-order valence-electron chi connectivity index (χ2n) is 5.26. The molecule has 0 saturated carbocycles. The minimum atomic E-state index is -0.330. The molecule has 0 fully saturated rings. The number of hydrogen-bond donors (Lipinski definition) is 1. The fraction of sp³-hybridized carbons (Fsp3) is 0.167. The Labute approximate surface area is 143 Å². The molecule has 2 aromatic heterocycles. The number of amides is 1. The van der Waals surface area contributed by atoms with Crippen molar-refractivity contribution in [1.82, 2.24) is 9.78 Å². The van der Waals surface area contributed by atoms with E-state index < -0.39 is 0 Å². The maximum absolute atomic E-state index is 12.5. The first-order chi connectivity index (χ1) is 11.7. The van der Waals surface area contributed by atoms with Gasteiger partial charge in [0.2, 0.25) is 0 Å². The minimum absolute atomic E-state index is 0.201. The third kappa shape index (κ3) is 3.44. The van der Waals surface area contributed by atoms with E-state index in [9.17, 15) is 9.59 Å². The molecule has 0 bridgehead atoms. The highest BCUT2D eigenvalue weighted by Gasteiger charge is 2.13. The molecule has 0 radical (unpaired) electrons. The molecule has 0 aliphatic rings. The number of carbonyl (C=O) groups is 1. The average molecular weight is 339 g/mol. The third-order valence-corrected chi connectivity index (χ3v) is 4.40. The summed E-state index contributed by atoms with van der Waals surface area (Å²) in [6, 6.07) is 14.4. The molecule has 0 unspecified atom stereocenters. The number of hydrogen-bond acceptors (Lipinski definition) is 4. The number of rotatable bonds is 5. The first-order valence-electron chi connectivity index (χ1n) is 7.71.